The van der Waals surface area contributed by atoms with Crippen LogP contribution in [0.5, 0.6) is 11.5 Å². The van der Waals surface area contributed by atoms with Gasteiger partial charge in [-0.2, -0.15) is 0 Å². The molecule has 1 N–H and O–H groups in total. The van der Waals surface area contributed by atoms with Crippen LogP contribution in [-0.2, 0) is 6.42 Å². The minimum Gasteiger partial charge on any atom is -0.493 e. The number of nitrogens with zero attached hydrogens (tertiary/aromatic N) is 1. The number of ether oxygens (including phenoxy) is 2. The van der Waals surface area contributed by atoms with Crippen LogP contribution < -0.4 is 14.8 Å². The zero-order valence-electron chi connectivity index (χ0n) is 17.8. The van der Waals surface area contributed by atoms with Crippen molar-refractivity contribution >= 4 is 5.78 Å². The molecule has 0 fully saturated rings. The van der Waals surface area contributed by atoms with E-state index in [1.807, 2.05) is 42.7 Å². The van der Waals surface area contributed by atoms with Gasteiger partial charge in [-0.05, 0) is 74.8 Å². The van der Waals surface area contributed by atoms with Crippen molar-refractivity contribution in [1.29, 1.82) is 0 Å². The van der Waals surface area contributed by atoms with Crippen molar-refractivity contribution < 1.29 is 18.7 Å². The predicted octanol–water partition coefficient (Wildman–Crippen LogP) is 4.27. The third kappa shape index (κ3) is 4.71. The van der Waals surface area contributed by atoms with E-state index < -0.39 is 0 Å². The monoisotopic (exact) mass is 410 g/mol. The smallest absolute Gasteiger partial charge is 0.178 e. The Morgan fingerprint density at radius 1 is 1.00 bits per heavy atom. The summed E-state index contributed by atoms with van der Waals surface area (Å²) >= 11 is 0. The summed E-state index contributed by atoms with van der Waals surface area (Å²) in [7, 11) is 3.22. The number of rotatable bonds is 9. The van der Waals surface area contributed by atoms with Crippen LogP contribution in [0.2, 0.25) is 0 Å². The van der Waals surface area contributed by atoms with Crippen molar-refractivity contribution in [2.45, 2.75) is 20.3 Å². The van der Waals surface area contributed by atoms with Crippen molar-refractivity contribution in [3.63, 3.8) is 0 Å². The van der Waals surface area contributed by atoms with Gasteiger partial charge in [-0.25, -0.2) is 4.39 Å². The molecule has 0 amide bonds. The normalized spacial score (nSPS) is 10.8. The van der Waals surface area contributed by atoms with Gasteiger partial charge in [-0.1, -0.05) is 6.07 Å². The van der Waals surface area contributed by atoms with Crippen molar-refractivity contribution in [2.75, 3.05) is 27.3 Å². The van der Waals surface area contributed by atoms with Gasteiger partial charge in [-0.3, -0.25) is 4.79 Å². The van der Waals surface area contributed by atoms with Crippen LogP contribution in [0.1, 0.15) is 27.3 Å². The fourth-order valence-electron chi connectivity index (χ4n) is 3.60. The molecule has 1 aromatic heterocycles. The number of carbonyl (C=O) groups is 1. The highest BCUT2D eigenvalue weighted by molar-refractivity contribution is 5.99. The number of carbonyl (C=O) groups excluding carboxylic acids is 1. The lowest BCUT2D eigenvalue weighted by atomic mass is 10.1. The van der Waals surface area contributed by atoms with Crippen LogP contribution >= 0.6 is 0 Å². The van der Waals surface area contributed by atoms with E-state index in [9.17, 15) is 9.18 Å². The van der Waals surface area contributed by atoms with Crippen LogP contribution in [0.15, 0.2) is 48.5 Å². The average Bonchev–Trinajstić information content (AvgIpc) is 3.05. The van der Waals surface area contributed by atoms with Gasteiger partial charge in [0.1, 0.15) is 5.82 Å². The summed E-state index contributed by atoms with van der Waals surface area (Å²) in [5.74, 6) is 1.14. The topological polar surface area (TPSA) is 52.5 Å². The molecule has 0 aliphatic heterocycles. The molecule has 3 aromatic rings. The van der Waals surface area contributed by atoms with Gasteiger partial charge in [0.25, 0.3) is 0 Å². The molecule has 158 valence electrons. The van der Waals surface area contributed by atoms with Crippen molar-refractivity contribution in [3.8, 4) is 17.2 Å². The molecule has 0 unspecified atom stereocenters. The third-order valence-corrected chi connectivity index (χ3v) is 5.14. The summed E-state index contributed by atoms with van der Waals surface area (Å²) in [4.78, 5) is 12.7. The number of aryl methyl sites for hydroxylation is 1. The maximum absolute atomic E-state index is 13.2. The highest BCUT2D eigenvalue weighted by Gasteiger charge is 2.16. The highest BCUT2D eigenvalue weighted by atomic mass is 19.1. The number of halogens is 1. The second kappa shape index (κ2) is 9.59. The van der Waals surface area contributed by atoms with Gasteiger partial charge < -0.3 is 19.4 Å². The Bertz CT molecular complexity index is 1030. The number of aromatic nitrogens is 1. The van der Waals surface area contributed by atoms with E-state index in [0.717, 1.165) is 29.1 Å². The molecule has 0 spiro atoms. The fourth-order valence-corrected chi connectivity index (χ4v) is 3.60. The molecule has 0 bridgehead atoms. The summed E-state index contributed by atoms with van der Waals surface area (Å²) in [6, 6.07) is 14.0. The quantitative estimate of drug-likeness (QED) is 0.423. The maximum Gasteiger partial charge on any atom is 0.178 e. The Labute approximate surface area is 176 Å². The molecule has 0 aliphatic carbocycles. The van der Waals surface area contributed by atoms with Gasteiger partial charge in [0.15, 0.2) is 17.3 Å². The molecular formula is C24H27FN2O3. The molecule has 0 saturated carbocycles. The lowest BCUT2D eigenvalue weighted by Crippen LogP contribution is -2.25. The Kier molecular flexibility index (Phi) is 6.90. The zero-order chi connectivity index (χ0) is 21.7. The first-order valence-corrected chi connectivity index (χ1v) is 9.84. The minimum atomic E-state index is -0.281. The van der Waals surface area contributed by atoms with Crippen molar-refractivity contribution in [3.05, 3.63) is 76.9 Å². The predicted molar refractivity (Wildman–Crippen MR) is 116 cm³/mol. The number of hydrogen-bond donors (Lipinski definition) is 1. The number of nitrogens with one attached hydrogen (secondary N) is 1. The lowest BCUT2D eigenvalue weighted by molar-refractivity contribution is 0.0991. The number of Topliss-reactive ketones (excluding diaryl/α,β-unsaturated/α-hetero) is 1. The zero-order valence-corrected chi connectivity index (χ0v) is 17.8. The molecule has 30 heavy (non-hydrogen) atoms. The molecule has 3 rings (SSSR count). The van der Waals surface area contributed by atoms with Crippen molar-refractivity contribution in [1.82, 2.24) is 9.88 Å². The highest BCUT2D eigenvalue weighted by Crippen LogP contribution is 2.27. The van der Waals surface area contributed by atoms with Gasteiger partial charge >= 0.3 is 0 Å². The van der Waals surface area contributed by atoms with Crippen LogP contribution in [-0.4, -0.2) is 37.7 Å². The third-order valence-electron chi connectivity index (χ3n) is 5.14. The van der Waals surface area contributed by atoms with Gasteiger partial charge in [-0.15, -0.1) is 0 Å². The van der Waals surface area contributed by atoms with E-state index in [0.29, 0.717) is 23.6 Å². The number of methoxy groups -OCH3 is 2. The van der Waals surface area contributed by atoms with E-state index in [1.54, 1.807) is 26.4 Å². The van der Waals surface area contributed by atoms with Gasteiger partial charge in [0, 0.05) is 22.6 Å². The van der Waals surface area contributed by atoms with Crippen molar-refractivity contribution in [2.24, 2.45) is 0 Å². The lowest BCUT2D eigenvalue weighted by Gasteiger charge is -2.11. The van der Waals surface area contributed by atoms with Crippen LogP contribution in [0.4, 0.5) is 4.39 Å². The molecule has 0 atom stereocenters. The molecule has 6 heteroatoms. The Morgan fingerprint density at radius 3 is 2.37 bits per heavy atom. The second-order valence-electron chi connectivity index (χ2n) is 7.14. The second-order valence-corrected chi connectivity index (χ2v) is 7.14. The first-order valence-electron chi connectivity index (χ1n) is 9.84. The van der Waals surface area contributed by atoms with Gasteiger partial charge in [0.2, 0.25) is 0 Å². The van der Waals surface area contributed by atoms with Gasteiger partial charge in [0.05, 0.1) is 20.8 Å². The van der Waals surface area contributed by atoms with E-state index in [2.05, 4.69) is 5.32 Å². The van der Waals surface area contributed by atoms with E-state index in [4.69, 9.17) is 9.47 Å². The summed E-state index contributed by atoms with van der Waals surface area (Å²) in [5, 5.41) is 3.22. The number of hydrogen-bond acceptors (Lipinski definition) is 4. The van der Waals surface area contributed by atoms with E-state index in [1.165, 1.54) is 12.1 Å². The Hall–Kier alpha value is -3.12. The molecule has 2 aromatic carbocycles. The molecule has 1 heterocycles. The molecule has 0 aliphatic rings. The molecule has 0 radical (unpaired) electrons. The van der Waals surface area contributed by atoms with E-state index in [-0.39, 0.29) is 18.1 Å². The van der Waals surface area contributed by atoms with Crippen LogP contribution in [0.25, 0.3) is 5.69 Å². The maximum atomic E-state index is 13.2. The summed E-state index contributed by atoms with van der Waals surface area (Å²) in [6.45, 7) is 4.77. The van der Waals surface area contributed by atoms with Crippen LogP contribution in [0, 0.1) is 19.7 Å². The van der Waals surface area contributed by atoms with Crippen LogP contribution in [0.3, 0.4) is 0 Å². The molecular weight excluding hydrogens is 383 g/mol. The SMILES string of the molecule is COc1ccc(CCNCC(=O)c2cc(C)n(-c3ccc(F)cc3)c2C)cc1OC. The number of ketones is 1. The summed E-state index contributed by atoms with van der Waals surface area (Å²) < 4.78 is 25.8. The Morgan fingerprint density at radius 2 is 1.70 bits per heavy atom. The fraction of sp³-hybridized carbons (Fsp3) is 0.292. The first kappa shape index (κ1) is 21.6. The summed E-state index contributed by atoms with van der Waals surface area (Å²) in [5.41, 5.74) is 4.41. The average molecular weight is 410 g/mol. The first-order chi connectivity index (χ1) is 14.4. The minimum absolute atomic E-state index is 0.0313. The molecule has 5 nitrogen and oxygen atoms in total. The largest absolute Gasteiger partial charge is 0.493 e. The Balaban J connectivity index is 1.60. The summed E-state index contributed by atoms with van der Waals surface area (Å²) in [6.07, 6.45) is 0.766. The standard InChI is InChI=1S/C24H27FN2O3/c1-16-13-21(17(2)27(16)20-8-6-19(25)7-9-20)22(28)15-26-12-11-18-5-10-23(29-3)24(14-18)30-4/h5-10,13-14,26H,11-12,15H2,1-4H3. The number of benzene rings is 2. The van der Waals surface area contributed by atoms with E-state index >= 15 is 0 Å². The molecule has 0 saturated heterocycles.